The Morgan fingerprint density at radius 1 is 1.31 bits per heavy atom. The maximum atomic E-state index is 11.7. The number of Topliss-reactive ketones (excluding diaryl/α,β-unsaturated/α-hetero) is 1. The van der Waals surface area contributed by atoms with Crippen LogP contribution in [-0.4, -0.2) is 47.5 Å². The van der Waals surface area contributed by atoms with Gasteiger partial charge < -0.3 is 15.1 Å². The fourth-order valence-electron chi connectivity index (χ4n) is 1.26. The summed E-state index contributed by atoms with van der Waals surface area (Å²) in [6.45, 7) is 0.122. The van der Waals surface area contributed by atoms with E-state index in [1.165, 1.54) is 18.2 Å². The number of benzene rings is 1. The average molecular weight is 223 g/mol. The Morgan fingerprint density at radius 2 is 1.94 bits per heavy atom. The summed E-state index contributed by atoms with van der Waals surface area (Å²) >= 11 is 0. The van der Waals surface area contributed by atoms with Gasteiger partial charge in [-0.05, 0) is 32.3 Å². The summed E-state index contributed by atoms with van der Waals surface area (Å²) < 4.78 is 0. The van der Waals surface area contributed by atoms with Crippen molar-refractivity contribution in [2.45, 2.75) is 0 Å². The lowest BCUT2D eigenvalue weighted by molar-refractivity contribution is 0.0697. The van der Waals surface area contributed by atoms with Crippen molar-refractivity contribution in [2.24, 2.45) is 0 Å². The zero-order chi connectivity index (χ0) is 12.3. The first-order valence-corrected chi connectivity index (χ1v) is 4.66. The van der Waals surface area contributed by atoms with Crippen LogP contribution in [0.4, 0.5) is 0 Å². The zero-order valence-corrected chi connectivity index (χ0v) is 9.10. The summed E-state index contributed by atoms with van der Waals surface area (Å²) in [5, 5.41) is 18.2. The van der Waals surface area contributed by atoms with Gasteiger partial charge in [-0.25, -0.2) is 4.79 Å². The van der Waals surface area contributed by atoms with Crippen molar-refractivity contribution < 1.29 is 19.8 Å². The lowest BCUT2D eigenvalue weighted by Gasteiger charge is -2.09. The first-order valence-electron chi connectivity index (χ1n) is 4.66. The molecule has 86 valence electrons. The van der Waals surface area contributed by atoms with Crippen LogP contribution in [0, 0.1) is 0 Å². The average Bonchev–Trinajstić information content (AvgIpc) is 2.16. The quantitative estimate of drug-likeness (QED) is 0.739. The van der Waals surface area contributed by atoms with Gasteiger partial charge in [0.05, 0.1) is 17.7 Å². The lowest BCUT2D eigenvalue weighted by Crippen LogP contribution is -2.22. The second-order valence-corrected chi connectivity index (χ2v) is 3.70. The molecule has 16 heavy (non-hydrogen) atoms. The summed E-state index contributed by atoms with van der Waals surface area (Å²) in [4.78, 5) is 24.0. The van der Waals surface area contributed by atoms with Crippen LogP contribution >= 0.6 is 0 Å². The van der Waals surface area contributed by atoms with Crippen LogP contribution in [0.5, 0.6) is 5.75 Å². The third-order valence-corrected chi connectivity index (χ3v) is 2.00. The van der Waals surface area contributed by atoms with E-state index in [-0.39, 0.29) is 29.2 Å². The fourth-order valence-corrected chi connectivity index (χ4v) is 1.26. The normalized spacial score (nSPS) is 10.4. The predicted molar refractivity (Wildman–Crippen MR) is 58.0 cm³/mol. The van der Waals surface area contributed by atoms with Crippen molar-refractivity contribution in [1.29, 1.82) is 0 Å². The number of phenolic OH excluding ortho intramolecular Hbond substituents is 1. The Bertz CT molecular complexity index is 426. The molecule has 1 rings (SSSR count). The number of aromatic carboxylic acids is 1. The second kappa shape index (κ2) is 4.76. The SMILES string of the molecule is CN(C)CC(=O)c1cc(C(=O)O)ccc1O. The second-order valence-electron chi connectivity index (χ2n) is 3.70. The van der Waals surface area contributed by atoms with Gasteiger partial charge in [0.1, 0.15) is 5.75 Å². The third-order valence-electron chi connectivity index (χ3n) is 2.00. The fraction of sp³-hybridized carbons (Fsp3) is 0.273. The highest BCUT2D eigenvalue weighted by Gasteiger charge is 2.14. The zero-order valence-electron chi connectivity index (χ0n) is 9.10. The summed E-state index contributed by atoms with van der Waals surface area (Å²) in [5.41, 5.74) is 0.0218. The van der Waals surface area contributed by atoms with Gasteiger partial charge in [-0.2, -0.15) is 0 Å². The van der Waals surface area contributed by atoms with E-state index in [1.54, 1.807) is 19.0 Å². The molecule has 0 atom stereocenters. The highest BCUT2D eigenvalue weighted by atomic mass is 16.4. The number of hydrogen-bond donors (Lipinski definition) is 2. The van der Waals surface area contributed by atoms with E-state index in [4.69, 9.17) is 5.11 Å². The summed E-state index contributed by atoms with van der Waals surface area (Å²) in [5.74, 6) is -1.64. The molecule has 0 unspecified atom stereocenters. The molecule has 0 aliphatic rings. The third kappa shape index (κ3) is 2.80. The van der Waals surface area contributed by atoms with Crippen molar-refractivity contribution >= 4 is 11.8 Å². The summed E-state index contributed by atoms with van der Waals surface area (Å²) in [7, 11) is 3.44. The molecule has 1 aromatic carbocycles. The van der Waals surface area contributed by atoms with Crippen LogP contribution in [0.3, 0.4) is 0 Å². The van der Waals surface area contributed by atoms with Gasteiger partial charge in [0.15, 0.2) is 5.78 Å². The van der Waals surface area contributed by atoms with Crippen LogP contribution in [0.2, 0.25) is 0 Å². The maximum absolute atomic E-state index is 11.7. The minimum Gasteiger partial charge on any atom is -0.507 e. The highest BCUT2D eigenvalue weighted by Crippen LogP contribution is 2.19. The van der Waals surface area contributed by atoms with E-state index < -0.39 is 5.97 Å². The van der Waals surface area contributed by atoms with Crippen LogP contribution < -0.4 is 0 Å². The molecular weight excluding hydrogens is 210 g/mol. The number of phenols is 1. The van der Waals surface area contributed by atoms with E-state index in [1.807, 2.05) is 0 Å². The Kier molecular flexibility index (Phi) is 3.63. The van der Waals surface area contributed by atoms with Gasteiger partial charge in [0.2, 0.25) is 0 Å². The van der Waals surface area contributed by atoms with Gasteiger partial charge in [0, 0.05) is 0 Å². The lowest BCUT2D eigenvalue weighted by atomic mass is 10.1. The molecule has 5 nitrogen and oxygen atoms in total. The molecule has 5 heteroatoms. The molecule has 0 aliphatic carbocycles. The minimum absolute atomic E-state index is 0.0140. The van der Waals surface area contributed by atoms with Crippen LogP contribution in [-0.2, 0) is 0 Å². The molecule has 0 amide bonds. The van der Waals surface area contributed by atoms with E-state index in [0.717, 1.165) is 0 Å². The van der Waals surface area contributed by atoms with Crippen molar-refractivity contribution in [3.8, 4) is 5.75 Å². The Morgan fingerprint density at radius 3 is 2.44 bits per heavy atom. The largest absolute Gasteiger partial charge is 0.507 e. The first-order chi connectivity index (χ1) is 7.41. The molecule has 0 spiro atoms. The first kappa shape index (κ1) is 12.2. The number of carbonyl (C=O) groups is 2. The number of ketones is 1. The molecule has 0 fully saturated rings. The maximum Gasteiger partial charge on any atom is 0.335 e. The number of carboxylic acids is 1. The van der Waals surface area contributed by atoms with E-state index in [2.05, 4.69) is 0 Å². The van der Waals surface area contributed by atoms with Crippen LogP contribution in [0.25, 0.3) is 0 Å². The van der Waals surface area contributed by atoms with Crippen LogP contribution in [0.15, 0.2) is 18.2 Å². The van der Waals surface area contributed by atoms with Crippen molar-refractivity contribution in [3.63, 3.8) is 0 Å². The standard InChI is InChI=1S/C11H13NO4/c1-12(2)6-10(14)8-5-7(11(15)16)3-4-9(8)13/h3-5,13H,6H2,1-2H3,(H,15,16). The molecule has 0 radical (unpaired) electrons. The minimum atomic E-state index is -1.13. The van der Waals surface area contributed by atoms with Gasteiger partial charge in [-0.3, -0.25) is 4.79 Å². The van der Waals surface area contributed by atoms with Gasteiger partial charge in [0.25, 0.3) is 0 Å². The molecular formula is C11H13NO4. The number of hydrogen-bond acceptors (Lipinski definition) is 4. The molecule has 0 saturated heterocycles. The monoisotopic (exact) mass is 223 g/mol. The number of carboxylic acid groups (broad SMARTS) is 1. The molecule has 0 aliphatic heterocycles. The predicted octanol–water partition coefficient (Wildman–Crippen LogP) is 0.835. The molecule has 0 heterocycles. The number of aromatic hydroxyl groups is 1. The Balaban J connectivity index is 3.07. The van der Waals surface area contributed by atoms with E-state index >= 15 is 0 Å². The molecule has 2 N–H and O–H groups in total. The Labute approximate surface area is 92.9 Å². The molecule has 0 aromatic heterocycles. The number of carbonyl (C=O) groups excluding carboxylic acids is 1. The van der Waals surface area contributed by atoms with Gasteiger partial charge >= 0.3 is 5.97 Å². The number of rotatable bonds is 4. The van der Waals surface area contributed by atoms with Gasteiger partial charge in [-0.15, -0.1) is 0 Å². The molecule has 1 aromatic rings. The van der Waals surface area contributed by atoms with Gasteiger partial charge in [-0.1, -0.05) is 0 Å². The van der Waals surface area contributed by atoms with Crippen LogP contribution in [0.1, 0.15) is 20.7 Å². The van der Waals surface area contributed by atoms with Crippen molar-refractivity contribution in [1.82, 2.24) is 4.90 Å². The molecule has 0 saturated carbocycles. The number of nitrogens with zero attached hydrogens (tertiary/aromatic N) is 1. The van der Waals surface area contributed by atoms with Crippen molar-refractivity contribution in [3.05, 3.63) is 29.3 Å². The number of likely N-dealkylation sites (N-methyl/N-ethyl adjacent to an activating group) is 1. The molecule has 0 bridgehead atoms. The van der Waals surface area contributed by atoms with E-state index in [9.17, 15) is 14.7 Å². The van der Waals surface area contributed by atoms with E-state index in [0.29, 0.717) is 0 Å². The Hall–Kier alpha value is -1.88. The smallest absolute Gasteiger partial charge is 0.335 e. The summed E-state index contributed by atoms with van der Waals surface area (Å²) in [6.07, 6.45) is 0. The van der Waals surface area contributed by atoms with Crippen molar-refractivity contribution in [2.75, 3.05) is 20.6 Å². The topological polar surface area (TPSA) is 77.8 Å². The summed E-state index contributed by atoms with van der Waals surface area (Å²) in [6, 6.07) is 3.65. The highest BCUT2D eigenvalue weighted by molar-refractivity contribution is 6.02.